The van der Waals surface area contributed by atoms with Gasteiger partial charge in [0.05, 0.1) is 0 Å². The quantitative estimate of drug-likeness (QED) is 0.685. The highest BCUT2D eigenvalue weighted by molar-refractivity contribution is 7.09. The van der Waals surface area contributed by atoms with Crippen LogP contribution in [0.1, 0.15) is 11.3 Å². The molecule has 0 aliphatic heterocycles. The van der Waals surface area contributed by atoms with Crippen molar-refractivity contribution in [2.24, 2.45) is 0 Å². The Kier molecular flexibility index (Phi) is 5.74. The van der Waals surface area contributed by atoms with Gasteiger partial charge in [-0.15, -0.1) is 11.3 Å². The molecule has 0 aliphatic rings. The van der Waals surface area contributed by atoms with Gasteiger partial charge in [0, 0.05) is 11.3 Å². The van der Waals surface area contributed by atoms with Crippen LogP contribution < -0.4 is 0 Å². The third-order valence-electron chi connectivity index (χ3n) is 2.11. The lowest BCUT2D eigenvalue weighted by atomic mass is 10.2. The smallest absolute Gasteiger partial charge is 0.330 e. The Bertz CT molecular complexity index is 365. The molecule has 0 spiro atoms. The lowest BCUT2D eigenvalue weighted by Gasteiger charge is -2.14. The van der Waals surface area contributed by atoms with Crippen molar-refractivity contribution in [1.29, 1.82) is 0 Å². The third-order valence-corrected chi connectivity index (χ3v) is 3.04. The number of Topliss-reactive ketones (excluding diaryl/α,β-unsaturated/α-hetero) is 1. The summed E-state index contributed by atoms with van der Waals surface area (Å²) in [6.45, 7) is -2.00. The van der Waals surface area contributed by atoms with Gasteiger partial charge < -0.3 is 4.74 Å². The molecular formula is C11H12F4O2S. The standard InChI is InChI=1S/C11H12F4O2S/c12-10(13)11(14,15)7-17-6-8(16)3-4-9-2-1-5-18-9/h1-2,5,10H,3-4,6-7H2. The van der Waals surface area contributed by atoms with E-state index in [4.69, 9.17) is 0 Å². The number of alkyl halides is 4. The van der Waals surface area contributed by atoms with Crippen molar-refractivity contribution in [3.8, 4) is 0 Å². The van der Waals surface area contributed by atoms with Crippen molar-refractivity contribution in [2.75, 3.05) is 13.2 Å². The van der Waals surface area contributed by atoms with Crippen LogP contribution in [0.3, 0.4) is 0 Å². The minimum absolute atomic E-state index is 0.154. The van der Waals surface area contributed by atoms with Crippen LogP contribution in [0.2, 0.25) is 0 Å². The number of ether oxygens (including phenoxy) is 1. The molecule has 1 aromatic rings. The Morgan fingerprint density at radius 1 is 1.44 bits per heavy atom. The van der Waals surface area contributed by atoms with Crippen LogP contribution in [0.15, 0.2) is 17.5 Å². The summed E-state index contributed by atoms with van der Waals surface area (Å²) in [5.74, 6) is -4.58. The zero-order valence-corrected chi connectivity index (χ0v) is 10.2. The Hall–Kier alpha value is -0.950. The van der Waals surface area contributed by atoms with E-state index >= 15 is 0 Å². The van der Waals surface area contributed by atoms with E-state index < -0.39 is 25.6 Å². The summed E-state index contributed by atoms with van der Waals surface area (Å²) in [4.78, 5) is 12.2. The molecule has 7 heteroatoms. The maximum Gasteiger partial charge on any atom is 0.330 e. The molecule has 0 saturated carbocycles. The highest BCUT2D eigenvalue weighted by Gasteiger charge is 2.41. The Balaban J connectivity index is 2.18. The maximum atomic E-state index is 12.4. The van der Waals surface area contributed by atoms with Gasteiger partial charge in [-0.2, -0.15) is 8.78 Å². The van der Waals surface area contributed by atoms with Gasteiger partial charge in [0.2, 0.25) is 0 Å². The molecule has 18 heavy (non-hydrogen) atoms. The molecule has 0 aliphatic carbocycles. The molecule has 0 aromatic carbocycles. The zero-order chi connectivity index (χ0) is 13.6. The van der Waals surface area contributed by atoms with Crippen molar-refractivity contribution in [1.82, 2.24) is 0 Å². The van der Waals surface area contributed by atoms with E-state index in [-0.39, 0.29) is 12.2 Å². The molecular weight excluding hydrogens is 272 g/mol. The van der Waals surface area contributed by atoms with Gasteiger partial charge in [-0.25, -0.2) is 8.78 Å². The SMILES string of the molecule is O=C(CCc1cccs1)COCC(F)(F)C(F)F. The van der Waals surface area contributed by atoms with Gasteiger partial charge in [-0.3, -0.25) is 4.79 Å². The highest BCUT2D eigenvalue weighted by Crippen LogP contribution is 2.22. The number of carbonyl (C=O) groups excluding carboxylic acids is 1. The monoisotopic (exact) mass is 284 g/mol. The van der Waals surface area contributed by atoms with Gasteiger partial charge >= 0.3 is 12.3 Å². The molecule has 0 saturated heterocycles. The predicted octanol–water partition coefficient (Wildman–Crippen LogP) is 3.17. The number of hydrogen-bond acceptors (Lipinski definition) is 3. The topological polar surface area (TPSA) is 26.3 Å². The second-order valence-corrected chi connectivity index (χ2v) is 4.70. The number of halogens is 4. The average Bonchev–Trinajstić information content (AvgIpc) is 2.78. The summed E-state index contributed by atoms with van der Waals surface area (Å²) in [6, 6.07) is 3.69. The van der Waals surface area contributed by atoms with Crippen LogP contribution in [-0.2, 0) is 16.0 Å². The van der Waals surface area contributed by atoms with Gasteiger partial charge in [0.1, 0.15) is 13.2 Å². The fraction of sp³-hybridized carbons (Fsp3) is 0.545. The van der Waals surface area contributed by atoms with Crippen molar-refractivity contribution in [3.05, 3.63) is 22.4 Å². The predicted molar refractivity (Wildman–Crippen MR) is 59.4 cm³/mol. The minimum Gasteiger partial charge on any atom is -0.367 e. The number of aryl methyl sites for hydroxylation is 1. The number of rotatable bonds is 8. The van der Waals surface area contributed by atoms with Gasteiger partial charge in [-0.1, -0.05) is 6.07 Å². The summed E-state index contributed by atoms with van der Waals surface area (Å²) in [6.07, 6.45) is -3.12. The molecule has 0 bridgehead atoms. The molecule has 0 unspecified atom stereocenters. The minimum atomic E-state index is -4.20. The molecule has 0 atom stereocenters. The Morgan fingerprint density at radius 2 is 2.17 bits per heavy atom. The lowest BCUT2D eigenvalue weighted by Crippen LogP contribution is -2.33. The lowest BCUT2D eigenvalue weighted by molar-refractivity contribution is -0.168. The average molecular weight is 284 g/mol. The van der Waals surface area contributed by atoms with Crippen LogP contribution in [0, 0.1) is 0 Å². The third kappa shape index (κ3) is 5.14. The van der Waals surface area contributed by atoms with E-state index in [1.807, 2.05) is 17.5 Å². The van der Waals surface area contributed by atoms with Crippen LogP contribution in [0.5, 0.6) is 0 Å². The van der Waals surface area contributed by atoms with Gasteiger partial charge in [0.15, 0.2) is 5.78 Å². The Labute approximate surface area is 106 Å². The van der Waals surface area contributed by atoms with E-state index in [0.29, 0.717) is 6.42 Å². The summed E-state index contributed by atoms with van der Waals surface area (Å²) in [5, 5.41) is 1.86. The largest absolute Gasteiger partial charge is 0.367 e. The molecule has 1 rings (SSSR count). The maximum absolute atomic E-state index is 12.4. The van der Waals surface area contributed by atoms with E-state index in [9.17, 15) is 22.4 Å². The van der Waals surface area contributed by atoms with Gasteiger partial charge in [0.25, 0.3) is 0 Å². The summed E-state index contributed by atoms with van der Waals surface area (Å²) >= 11 is 1.48. The molecule has 1 aromatic heterocycles. The molecule has 0 N–H and O–H groups in total. The van der Waals surface area contributed by atoms with Crippen LogP contribution in [0.4, 0.5) is 17.6 Å². The molecule has 102 valence electrons. The first-order valence-electron chi connectivity index (χ1n) is 5.19. The fourth-order valence-corrected chi connectivity index (χ4v) is 1.86. The highest BCUT2D eigenvalue weighted by atomic mass is 32.1. The molecule has 1 heterocycles. The van der Waals surface area contributed by atoms with Crippen LogP contribution in [-0.4, -0.2) is 31.3 Å². The molecule has 0 amide bonds. The van der Waals surface area contributed by atoms with Crippen molar-refractivity contribution in [2.45, 2.75) is 25.2 Å². The van der Waals surface area contributed by atoms with Crippen molar-refractivity contribution in [3.63, 3.8) is 0 Å². The van der Waals surface area contributed by atoms with Crippen molar-refractivity contribution < 1.29 is 27.1 Å². The Morgan fingerprint density at radius 3 is 2.72 bits per heavy atom. The molecule has 0 fully saturated rings. The fourth-order valence-electron chi connectivity index (χ4n) is 1.15. The summed E-state index contributed by atoms with van der Waals surface area (Å²) < 4.78 is 52.7. The number of carbonyl (C=O) groups is 1. The number of ketones is 1. The van der Waals surface area contributed by atoms with E-state index in [2.05, 4.69) is 4.74 Å². The number of thiophene rings is 1. The van der Waals surface area contributed by atoms with E-state index in [1.165, 1.54) is 11.3 Å². The zero-order valence-electron chi connectivity index (χ0n) is 9.37. The van der Waals surface area contributed by atoms with E-state index in [0.717, 1.165) is 4.88 Å². The van der Waals surface area contributed by atoms with Crippen LogP contribution in [0.25, 0.3) is 0 Å². The normalized spacial score (nSPS) is 12.1. The van der Waals surface area contributed by atoms with Crippen LogP contribution >= 0.6 is 11.3 Å². The van der Waals surface area contributed by atoms with E-state index in [1.54, 1.807) is 0 Å². The molecule has 0 radical (unpaired) electrons. The van der Waals surface area contributed by atoms with Gasteiger partial charge in [-0.05, 0) is 17.9 Å². The second kappa shape index (κ2) is 6.84. The second-order valence-electron chi connectivity index (χ2n) is 3.67. The first kappa shape index (κ1) is 15.1. The number of hydrogen-bond donors (Lipinski definition) is 0. The molecule has 2 nitrogen and oxygen atoms in total. The summed E-state index contributed by atoms with van der Waals surface area (Å²) in [5.41, 5.74) is 0. The van der Waals surface area contributed by atoms with Crippen molar-refractivity contribution >= 4 is 17.1 Å². The first-order valence-corrected chi connectivity index (χ1v) is 6.07. The summed E-state index contributed by atoms with van der Waals surface area (Å²) in [7, 11) is 0. The first-order chi connectivity index (χ1) is 8.42.